The molecule has 1 aromatic heterocycles. The Labute approximate surface area is 219 Å². The van der Waals surface area contributed by atoms with Crippen molar-refractivity contribution in [2.24, 2.45) is 0 Å². The van der Waals surface area contributed by atoms with Crippen LogP contribution in [0.25, 0.3) is 0 Å². The molecule has 1 unspecified atom stereocenters. The summed E-state index contributed by atoms with van der Waals surface area (Å²) in [5.74, 6) is 0.106. The number of nitrogens with one attached hydrogen (secondary N) is 1. The number of benzene rings is 2. The van der Waals surface area contributed by atoms with Crippen LogP contribution in [0.4, 0.5) is 33.2 Å². The van der Waals surface area contributed by atoms with Gasteiger partial charge in [-0.05, 0) is 44.3 Å². The van der Waals surface area contributed by atoms with Crippen molar-refractivity contribution in [1.29, 1.82) is 0 Å². The molecule has 1 atom stereocenters. The van der Waals surface area contributed by atoms with Crippen molar-refractivity contribution in [2.45, 2.75) is 13.0 Å². The molecule has 188 valence electrons. The highest BCUT2D eigenvalue weighted by molar-refractivity contribution is 6.40. The Morgan fingerprint density at radius 2 is 1.86 bits per heavy atom. The predicted molar refractivity (Wildman–Crippen MR) is 143 cm³/mol. The number of carbonyl (C=O) groups is 1. The van der Waals surface area contributed by atoms with E-state index >= 15 is 4.39 Å². The van der Waals surface area contributed by atoms with Gasteiger partial charge in [-0.2, -0.15) is 4.98 Å². The number of aromatic nitrogens is 2. The Kier molecular flexibility index (Phi) is 6.63. The second kappa shape index (κ2) is 9.72. The molecule has 36 heavy (non-hydrogen) atoms. The van der Waals surface area contributed by atoms with Crippen molar-refractivity contribution in [1.82, 2.24) is 14.9 Å². The molecule has 5 rings (SSSR count). The molecule has 0 bridgehead atoms. The smallest absolute Gasteiger partial charge is 0.265 e. The van der Waals surface area contributed by atoms with E-state index in [2.05, 4.69) is 39.1 Å². The van der Waals surface area contributed by atoms with Gasteiger partial charge in [0.2, 0.25) is 5.95 Å². The van der Waals surface area contributed by atoms with Gasteiger partial charge in [-0.3, -0.25) is 9.69 Å². The van der Waals surface area contributed by atoms with Crippen LogP contribution < -0.4 is 20.0 Å². The number of halogens is 3. The van der Waals surface area contributed by atoms with E-state index in [0.29, 0.717) is 44.5 Å². The summed E-state index contributed by atoms with van der Waals surface area (Å²) >= 11 is 12.7. The van der Waals surface area contributed by atoms with Crippen LogP contribution in [-0.2, 0) is 0 Å². The first-order chi connectivity index (χ1) is 17.2. The van der Waals surface area contributed by atoms with E-state index in [1.54, 1.807) is 30.3 Å². The number of rotatable bonds is 4. The van der Waals surface area contributed by atoms with Crippen molar-refractivity contribution in [3.8, 4) is 0 Å². The zero-order chi connectivity index (χ0) is 25.6. The molecule has 1 N–H and O–H groups in total. The maximum atomic E-state index is 15.0. The minimum Gasteiger partial charge on any atom is -0.366 e. The summed E-state index contributed by atoms with van der Waals surface area (Å²) in [5.41, 5.74) is 1.86. The fraction of sp³-hybridized carbons (Fsp3) is 0.320. The lowest BCUT2D eigenvalue weighted by molar-refractivity contribution is 0.0982. The van der Waals surface area contributed by atoms with Crippen LogP contribution in [0.5, 0.6) is 0 Å². The normalized spacial score (nSPS) is 18.4. The second-order valence-electron chi connectivity index (χ2n) is 9.14. The maximum absolute atomic E-state index is 15.0. The van der Waals surface area contributed by atoms with E-state index in [-0.39, 0.29) is 24.3 Å². The number of hydrogen-bond donors (Lipinski definition) is 1. The average molecular weight is 530 g/mol. The molecule has 11 heteroatoms. The Balaban J connectivity index is 1.36. The summed E-state index contributed by atoms with van der Waals surface area (Å²) in [7, 11) is 3.89. The van der Waals surface area contributed by atoms with Gasteiger partial charge in [-0.15, -0.1) is 0 Å². The molecule has 8 nitrogen and oxygen atoms in total. The van der Waals surface area contributed by atoms with Crippen LogP contribution in [0, 0.1) is 5.82 Å². The second-order valence-corrected chi connectivity index (χ2v) is 9.95. The van der Waals surface area contributed by atoms with Crippen LogP contribution in [0.3, 0.4) is 0 Å². The molecule has 2 aromatic carbocycles. The number of fused-ring (bicyclic) bond motifs is 1. The van der Waals surface area contributed by atoms with Crippen LogP contribution in [0.15, 0.2) is 42.6 Å². The SMILES string of the molecule is CC1CN(c2ccc(Nc3ncc4c(n3)N(C)CN(c3c(Cl)cccc3Cl)C4=O)cc2F)CCN1C. The van der Waals surface area contributed by atoms with Gasteiger partial charge < -0.3 is 20.0 Å². The predicted octanol–water partition coefficient (Wildman–Crippen LogP) is 4.86. The Morgan fingerprint density at radius 1 is 1.11 bits per heavy atom. The van der Waals surface area contributed by atoms with Crippen LogP contribution in [0.2, 0.25) is 10.0 Å². The highest BCUT2D eigenvalue weighted by Gasteiger charge is 2.32. The lowest BCUT2D eigenvalue weighted by atomic mass is 10.1. The number of para-hydroxylation sites is 1. The van der Waals surface area contributed by atoms with E-state index in [1.807, 2.05) is 11.9 Å². The molecule has 0 radical (unpaired) electrons. The van der Waals surface area contributed by atoms with Crippen molar-refractivity contribution in [3.63, 3.8) is 0 Å². The first kappa shape index (κ1) is 24.5. The van der Waals surface area contributed by atoms with Gasteiger partial charge in [0.05, 0.1) is 28.1 Å². The number of likely N-dealkylation sites (N-methyl/N-ethyl adjacent to an activating group) is 1. The third-order valence-electron chi connectivity index (χ3n) is 6.67. The maximum Gasteiger partial charge on any atom is 0.265 e. The standard InChI is InChI=1S/C25H26Cl2FN7O/c1-15-13-34(10-9-32(15)2)21-8-7-16(11-20(21)28)30-25-29-12-17-23(31-25)33(3)14-35(24(17)36)22-18(26)5-4-6-19(22)27/h4-8,11-12,15H,9-10,13-14H2,1-3H3,(H,29,30,31). The molecule has 3 aromatic rings. The molecule has 1 amide bonds. The lowest BCUT2D eigenvalue weighted by Gasteiger charge is -2.39. The molecule has 1 fully saturated rings. The summed E-state index contributed by atoms with van der Waals surface area (Å²) < 4.78 is 15.0. The zero-order valence-corrected chi connectivity index (χ0v) is 21.7. The number of hydrogen-bond acceptors (Lipinski definition) is 7. The van der Waals surface area contributed by atoms with Crippen LogP contribution in [0.1, 0.15) is 17.3 Å². The fourth-order valence-electron chi connectivity index (χ4n) is 4.52. The Hall–Kier alpha value is -3.14. The molecule has 0 spiro atoms. The number of piperazine rings is 1. The highest BCUT2D eigenvalue weighted by atomic mass is 35.5. The molecule has 0 saturated carbocycles. The van der Waals surface area contributed by atoms with Gasteiger partial charge in [-0.1, -0.05) is 29.3 Å². The summed E-state index contributed by atoms with van der Waals surface area (Å²) in [6, 6.07) is 10.5. The van der Waals surface area contributed by atoms with Gasteiger partial charge >= 0.3 is 0 Å². The van der Waals surface area contributed by atoms with Crippen molar-refractivity contribution < 1.29 is 9.18 Å². The van der Waals surface area contributed by atoms with Crippen LogP contribution >= 0.6 is 23.2 Å². The van der Waals surface area contributed by atoms with Gasteiger partial charge in [0.15, 0.2) is 0 Å². The first-order valence-electron chi connectivity index (χ1n) is 11.6. The van der Waals surface area contributed by atoms with Gasteiger partial charge in [0, 0.05) is 44.6 Å². The van der Waals surface area contributed by atoms with E-state index in [0.717, 1.165) is 19.6 Å². The third kappa shape index (κ3) is 4.54. The topological polar surface area (TPSA) is 67.8 Å². The molecule has 1 saturated heterocycles. The number of amides is 1. The minimum atomic E-state index is -0.311. The Morgan fingerprint density at radius 3 is 2.56 bits per heavy atom. The molecule has 3 heterocycles. The molecular weight excluding hydrogens is 504 g/mol. The van der Waals surface area contributed by atoms with E-state index in [1.165, 1.54) is 17.2 Å². The van der Waals surface area contributed by atoms with Crippen LogP contribution in [-0.4, -0.2) is 67.2 Å². The number of carbonyl (C=O) groups excluding carboxylic acids is 1. The van der Waals surface area contributed by atoms with Crippen molar-refractivity contribution >= 4 is 57.9 Å². The van der Waals surface area contributed by atoms with Gasteiger partial charge in [0.1, 0.15) is 17.2 Å². The lowest BCUT2D eigenvalue weighted by Crippen LogP contribution is -2.50. The summed E-state index contributed by atoms with van der Waals surface area (Å²) in [4.78, 5) is 29.7. The third-order valence-corrected chi connectivity index (χ3v) is 7.28. The summed E-state index contributed by atoms with van der Waals surface area (Å²) in [6.45, 7) is 4.77. The molecule has 2 aliphatic heterocycles. The van der Waals surface area contributed by atoms with E-state index < -0.39 is 0 Å². The Bertz CT molecular complexity index is 1300. The quantitative estimate of drug-likeness (QED) is 0.517. The average Bonchev–Trinajstić information content (AvgIpc) is 2.84. The van der Waals surface area contributed by atoms with Crippen molar-refractivity contribution in [3.05, 3.63) is 64.0 Å². The largest absolute Gasteiger partial charge is 0.366 e. The molecule has 2 aliphatic rings. The number of anilines is 5. The fourth-order valence-corrected chi connectivity index (χ4v) is 5.12. The zero-order valence-electron chi connectivity index (χ0n) is 20.2. The van der Waals surface area contributed by atoms with Crippen molar-refractivity contribution in [2.75, 3.05) is 60.4 Å². The van der Waals surface area contributed by atoms with Gasteiger partial charge in [0.25, 0.3) is 5.91 Å². The first-order valence-corrected chi connectivity index (χ1v) is 12.3. The number of nitrogens with zero attached hydrogens (tertiary/aromatic N) is 6. The summed E-state index contributed by atoms with van der Waals surface area (Å²) in [6.07, 6.45) is 1.46. The van der Waals surface area contributed by atoms with E-state index in [9.17, 15) is 4.79 Å². The molecule has 0 aliphatic carbocycles. The highest BCUT2D eigenvalue weighted by Crippen LogP contribution is 2.37. The molecular formula is C25H26Cl2FN7O. The van der Waals surface area contributed by atoms with E-state index in [4.69, 9.17) is 23.2 Å². The monoisotopic (exact) mass is 529 g/mol. The summed E-state index contributed by atoms with van der Waals surface area (Å²) in [5, 5.41) is 3.81. The minimum absolute atomic E-state index is 0.207. The van der Waals surface area contributed by atoms with Gasteiger partial charge in [-0.25, -0.2) is 9.37 Å².